The molecular formula is C8H17NO3. The summed E-state index contributed by atoms with van der Waals surface area (Å²) in [5.41, 5.74) is 0. The van der Waals surface area contributed by atoms with E-state index in [1.807, 2.05) is 0 Å². The predicted molar refractivity (Wildman–Crippen MR) is 45.8 cm³/mol. The minimum atomic E-state index is 0.0204. The van der Waals surface area contributed by atoms with E-state index < -0.39 is 0 Å². The zero-order valence-corrected chi connectivity index (χ0v) is 7.75. The average Bonchev–Trinajstić information content (AvgIpc) is 2.05. The Kier molecular flexibility index (Phi) is 6.70. The quantitative estimate of drug-likeness (QED) is 0.572. The van der Waals surface area contributed by atoms with Crippen LogP contribution in [0.2, 0.25) is 0 Å². The molecule has 0 bridgehead atoms. The molecule has 0 aromatic carbocycles. The molecule has 4 heteroatoms. The number of hydrogen-bond acceptors (Lipinski definition) is 3. The maximum Gasteiger partial charge on any atom is 0.222 e. The number of amides is 1. The van der Waals surface area contributed by atoms with Crippen LogP contribution >= 0.6 is 0 Å². The molecule has 0 spiro atoms. The highest BCUT2D eigenvalue weighted by Crippen LogP contribution is 1.94. The zero-order chi connectivity index (χ0) is 9.40. The first-order chi connectivity index (χ1) is 5.72. The second-order valence-corrected chi connectivity index (χ2v) is 2.64. The summed E-state index contributed by atoms with van der Waals surface area (Å²) in [7, 11) is 3.30. The van der Waals surface area contributed by atoms with Crippen molar-refractivity contribution in [2.45, 2.75) is 12.8 Å². The van der Waals surface area contributed by atoms with Gasteiger partial charge in [-0.15, -0.1) is 0 Å². The van der Waals surface area contributed by atoms with Gasteiger partial charge in [0.05, 0.1) is 6.61 Å². The van der Waals surface area contributed by atoms with Gasteiger partial charge in [-0.1, -0.05) is 0 Å². The molecule has 1 amide bonds. The van der Waals surface area contributed by atoms with Gasteiger partial charge in [0.25, 0.3) is 0 Å². The molecule has 0 saturated carbocycles. The van der Waals surface area contributed by atoms with Crippen molar-refractivity contribution in [1.82, 2.24) is 4.90 Å². The molecule has 0 unspecified atom stereocenters. The predicted octanol–water partition coefficient (Wildman–Crippen LogP) is -0.136. The SMILES string of the molecule is COCCCC(=O)N(C)CCO. The zero-order valence-electron chi connectivity index (χ0n) is 7.75. The van der Waals surface area contributed by atoms with Crippen molar-refractivity contribution in [2.24, 2.45) is 0 Å². The van der Waals surface area contributed by atoms with Gasteiger partial charge in [-0.2, -0.15) is 0 Å². The standard InChI is InChI=1S/C8H17NO3/c1-9(5-6-10)8(11)4-3-7-12-2/h10H,3-7H2,1-2H3. The van der Waals surface area contributed by atoms with Crippen LogP contribution in [-0.2, 0) is 9.53 Å². The number of nitrogens with zero attached hydrogens (tertiary/aromatic N) is 1. The van der Waals surface area contributed by atoms with Crippen LogP contribution in [0.1, 0.15) is 12.8 Å². The van der Waals surface area contributed by atoms with Crippen LogP contribution in [0.3, 0.4) is 0 Å². The number of methoxy groups -OCH3 is 1. The Hall–Kier alpha value is -0.610. The molecule has 0 aliphatic heterocycles. The second-order valence-electron chi connectivity index (χ2n) is 2.64. The van der Waals surface area contributed by atoms with E-state index in [0.717, 1.165) is 6.42 Å². The van der Waals surface area contributed by atoms with E-state index in [1.165, 1.54) is 4.90 Å². The molecule has 0 rings (SSSR count). The number of aliphatic hydroxyl groups is 1. The molecule has 0 aromatic heterocycles. The van der Waals surface area contributed by atoms with Crippen molar-refractivity contribution in [3.8, 4) is 0 Å². The van der Waals surface area contributed by atoms with Crippen LogP contribution in [0.5, 0.6) is 0 Å². The van der Waals surface area contributed by atoms with Crippen LogP contribution < -0.4 is 0 Å². The second kappa shape index (κ2) is 7.06. The summed E-state index contributed by atoms with van der Waals surface area (Å²) in [5, 5.41) is 8.54. The van der Waals surface area contributed by atoms with Gasteiger partial charge in [0.1, 0.15) is 0 Å². The van der Waals surface area contributed by atoms with Gasteiger partial charge < -0.3 is 14.7 Å². The molecule has 0 aliphatic rings. The molecule has 72 valence electrons. The monoisotopic (exact) mass is 175 g/mol. The van der Waals surface area contributed by atoms with Gasteiger partial charge in [-0.05, 0) is 6.42 Å². The van der Waals surface area contributed by atoms with Crippen molar-refractivity contribution in [2.75, 3.05) is 33.9 Å². The molecular weight excluding hydrogens is 158 g/mol. The van der Waals surface area contributed by atoms with E-state index in [9.17, 15) is 4.79 Å². The smallest absolute Gasteiger partial charge is 0.222 e. The third-order valence-corrected chi connectivity index (χ3v) is 1.60. The third-order valence-electron chi connectivity index (χ3n) is 1.60. The Bertz CT molecular complexity index is 127. The van der Waals surface area contributed by atoms with E-state index >= 15 is 0 Å². The van der Waals surface area contributed by atoms with E-state index in [0.29, 0.717) is 19.6 Å². The fourth-order valence-electron chi connectivity index (χ4n) is 0.833. The highest BCUT2D eigenvalue weighted by molar-refractivity contribution is 5.75. The number of carbonyl (C=O) groups excluding carboxylic acids is 1. The van der Waals surface area contributed by atoms with Crippen LogP contribution in [-0.4, -0.2) is 49.8 Å². The molecule has 1 N–H and O–H groups in total. The molecule has 4 nitrogen and oxygen atoms in total. The van der Waals surface area contributed by atoms with Gasteiger partial charge in [0.15, 0.2) is 0 Å². The van der Waals surface area contributed by atoms with Gasteiger partial charge in [-0.3, -0.25) is 4.79 Å². The van der Waals surface area contributed by atoms with E-state index in [4.69, 9.17) is 9.84 Å². The Balaban J connectivity index is 3.43. The first kappa shape index (κ1) is 11.4. The van der Waals surface area contributed by atoms with E-state index in [2.05, 4.69) is 0 Å². The fourth-order valence-corrected chi connectivity index (χ4v) is 0.833. The van der Waals surface area contributed by atoms with Crippen molar-refractivity contribution in [3.05, 3.63) is 0 Å². The lowest BCUT2D eigenvalue weighted by Gasteiger charge is -2.14. The summed E-state index contributed by atoms with van der Waals surface area (Å²) in [4.78, 5) is 12.7. The fraction of sp³-hybridized carbons (Fsp3) is 0.875. The van der Waals surface area contributed by atoms with Gasteiger partial charge in [0.2, 0.25) is 5.91 Å². The normalized spacial score (nSPS) is 9.92. The van der Waals surface area contributed by atoms with Crippen molar-refractivity contribution < 1.29 is 14.6 Å². The Morgan fingerprint density at radius 1 is 1.58 bits per heavy atom. The van der Waals surface area contributed by atoms with Gasteiger partial charge in [0, 0.05) is 33.7 Å². The molecule has 0 saturated heterocycles. The Morgan fingerprint density at radius 2 is 2.25 bits per heavy atom. The number of hydrogen-bond donors (Lipinski definition) is 1. The summed E-state index contributed by atoms with van der Waals surface area (Å²) in [6.07, 6.45) is 1.23. The molecule has 0 radical (unpaired) electrons. The number of carbonyl (C=O) groups is 1. The molecule has 0 heterocycles. The minimum Gasteiger partial charge on any atom is -0.395 e. The average molecular weight is 175 g/mol. The van der Waals surface area contributed by atoms with Crippen molar-refractivity contribution in [3.63, 3.8) is 0 Å². The highest BCUT2D eigenvalue weighted by Gasteiger charge is 2.06. The molecule has 0 atom stereocenters. The van der Waals surface area contributed by atoms with Crippen LogP contribution in [0.4, 0.5) is 0 Å². The summed E-state index contributed by atoms with van der Waals surface area (Å²) in [5.74, 6) is 0.0566. The number of aliphatic hydroxyl groups excluding tert-OH is 1. The first-order valence-electron chi connectivity index (χ1n) is 4.06. The maximum atomic E-state index is 11.2. The first-order valence-corrected chi connectivity index (χ1v) is 4.06. The molecule has 0 aliphatic carbocycles. The summed E-state index contributed by atoms with van der Waals surface area (Å²) >= 11 is 0. The summed E-state index contributed by atoms with van der Waals surface area (Å²) in [6.45, 7) is 1.04. The lowest BCUT2D eigenvalue weighted by atomic mass is 10.3. The molecule has 12 heavy (non-hydrogen) atoms. The largest absolute Gasteiger partial charge is 0.395 e. The highest BCUT2D eigenvalue weighted by atomic mass is 16.5. The summed E-state index contributed by atoms with van der Waals surface area (Å²) in [6, 6.07) is 0. The Labute approximate surface area is 73.1 Å². The van der Waals surface area contributed by atoms with Crippen LogP contribution in [0.25, 0.3) is 0 Å². The van der Waals surface area contributed by atoms with Crippen LogP contribution in [0, 0.1) is 0 Å². The number of rotatable bonds is 6. The van der Waals surface area contributed by atoms with E-state index in [-0.39, 0.29) is 12.5 Å². The topological polar surface area (TPSA) is 49.8 Å². The number of likely N-dealkylation sites (N-methyl/N-ethyl adjacent to an activating group) is 1. The van der Waals surface area contributed by atoms with Crippen molar-refractivity contribution in [1.29, 1.82) is 0 Å². The van der Waals surface area contributed by atoms with Gasteiger partial charge >= 0.3 is 0 Å². The van der Waals surface area contributed by atoms with Crippen molar-refractivity contribution >= 4 is 5.91 Å². The summed E-state index contributed by atoms with van der Waals surface area (Å²) < 4.78 is 4.81. The lowest BCUT2D eigenvalue weighted by Crippen LogP contribution is -2.29. The van der Waals surface area contributed by atoms with E-state index in [1.54, 1.807) is 14.2 Å². The maximum absolute atomic E-state index is 11.2. The van der Waals surface area contributed by atoms with Gasteiger partial charge in [-0.25, -0.2) is 0 Å². The Morgan fingerprint density at radius 3 is 2.75 bits per heavy atom. The third kappa shape index (κ3) is 5.09. The lowest BCUT2D eigenvalue weighted by molar-refractivity contribution is -0.130. The van der Waals surface area contributed by atoms with Crippen LogP contribution in [0.15, 0.2) is 0 Å². The minimum absolute atomic E-state index is 0.0204. The molecule has 0 fully saturated rings. The molecule has 0 aromatic rings. The number of ether oxygens (including phenoxy) is 1.